The van der Waals surface area contributed by atoms with Crippen molar-refractivity contribution in [1.82, 2.24) is 0 Å². The van der Waals surface area contributed by atoms with Gasteiger partial charge < -0.3 is 4.74 Å². The average Bonchev–Trinajstić information content (AvgIpc) is 2.51. The van der Waals surface area contributed by atoms with Crippen molar-refractivity contribution in [2.45, 2.75) is 91.9 Å². The molecule has 0 bridgehead atoms. The van der Waals surface area contributed by atoms with Gasteiger partial charge in [-0.2, -0.15) is 0 Å². The van der Waals surface area contributed by atoms with Gasteiger partial charge in [-0.1, -0.05) is 59.8 Å². The standard InChI is InChI=1S/C19H36O3/c1-5-9-11-12-15-22-19(21)17(14-10-6-2)16(8-4)18(20)13-7-3/h16-17H,5-15H2,1-4H3. The highest BCUT2D eigenvalue weighted by Gasteiger charge is 2.32. The Balaban J connectivity index is 4.57. The van der Waals surface area contributed by atoms with Gasteiger partial charge in [0.2, 0.25) is 0 Å². The second kappa shape index (κ2) is 13.8. The van der Waals surface area contributed by atoms with Crippen molar-refractivity contribution in [3.8, 4) is 0 Å². The number of Topliss-reactive ketones (excluding diaryl/α,β-unsaturated/α-hetero) is 1. The van der Waals surface area contributed by atoms with Crippen LogP contribution in [0.1, 0.15) is 91.9 Å². The zero-order valence-corrected chi connectivity index (χ0v) is 15.2. The molecule has 0 spiro atoms. The highest BCUT2D eigenvalue weighted by molar-refractivity contribution is 5.86. The van der Waals surface area contributed by atoms with Crippen molar-refractivity contribution in [3.05, 3.63) is 0 Å². The van der Waals surface area contributed by atoms with Gasteiger partial charge in [-0.25, -0.2) is 0 Å². The van der Waals surface area contributed by atoms with E-state index in [1.54, 1.807) is 0 Å². The molecule has 2 atom stereocenters. The fraction of sp³-hybridized carbons (Fsp3) is 0.895. The molecule has 22 heavy (non-hydrogen) atoms. The molecule has 2 unspecified atom stereocenters. The maximum absolute atomic E-state index is 12.4. The molecule has 0 aliphatic carbocycles. The van der Waals surface area contributed by atoms with Crippen molar-refractivity contribution in [1.29, 1.82) is 0 Å². The van der Waals surface area contributed by atoms with Gasteiger partial charge in [0.05, 0.1) is 12.5 Å². The van der Waals surface area contributed by atoms with Crippen LogP contribution in [0.25, 0.3) is 0 Å². The van der Waals surface area contributed by atoms with Gasteiger partial charge in [0.1, 0.15) is 5.78 Å². The molecule has 0 amide bonds. The molecular weight excluding hydrogens is 276 g/mol. The van der Waals surface area contributed by atoms with Crippen molar-refractivity contribution < 1.29 is 14.3 Å². The Morgan fingerprint density at radius 2 is 1.50 bits per heavy atom. The molecule has 0 aliphatic rings. The minimum atomic E-state index is -0.241. The highest BCUT2D eigenvalue weighted by Crippen LogP contribution is 2.26. The van der Waals surface area contributed by atoms with Crippen LogP contribution in [0.3, 0.4) is 0 Å². The van der Waals surface area contributed by atoms with Crippen LogP contribution < -0.4 is 0 Å². The third-order valence-electron chi connectivity index (χ3n) is 4.25. The van der Waals surface area contributed by atoms with Crippen LogP contribution in [0.2, 0.25) is 0 Å². The Kier molecular flexibility index (Phi) is 13.2. The van der Waals surface area contributed by atoms with Crippen molar-refractivity contribution in [2.75, 3.05) is 6.61 Å². The van der Waals surface area contributed by atoms with Crippen LogP contribution in [-0.4, -0.2) is 18.4 Å². The van der Waals surface area contributed by atoms with Gasteiger partial charge in [0.25, 0.3) is 0 Å². The first-order valence-corrected chi connectivity index (χ1v) is 9.31. The molecule has 0 saturated heterocycles. The second-order valence-electron chi connectivity index (χ2n) is 6.21. The number of hydrogen-bond donors (Lipinski definition) is 0. The van der Waals surface area contributed by atoms with Gasteiger partial charge in [0.15, 0.2) is 0 Å². The van der Waals surface area contributed by atoms with Gasteiger partial charge in [0, 0.05) is 12.3 Å². The number of ketones is 1. The molecule has 0 aromatic heterocycles. The lowest BCUT2D eigenvalue weighted by Crippen LogP contribution is -2.31. The summed E-state index contributed by atoms with van der Waals surface area (Å²) in [6, 6.07) is 0. The van der Waals surface area contributed by atoms with E-state index in [2.05, 4.69) is 13.8 Å². The van der Waals surface area contributed by atoms with E-state index in [1.165, 1.54) is 12.8 Å². The maximum Gasteiger partial charge on any atom is 0.309 e. The lowest BCUT2D eigenvalue weighted by Gasteiger charge is -2.23. The molecule has 0 fully saturated rings. The number of ether oxygens (including phenoxy) is 1. The fourth-order valence-electron chi connectivity index (χ4n) is 2.88. The molecule has 3 nitrogen and oxygen atoms in total. The van der Waals surface area contributed by atoms with E-state index in [9.17, 15) is 9.59 Å². The summed E-state index contributed by atoms with van der Waals surface area (Å²) in [5.74, 6) is -0.319. The summed E-state index contributed by atoms with van der Waals surface area (Å²) < 4.78 is 5.47. The minimum Gasteiger partial charge on any atom is -0.465 e. The molecule has 0 heterocycles. The van der Waals surface area contributed by atoms with Crippen LogP contribution >= 0.6 is 0 Å². The summed E-state index contributed by atoms with van der Waals surface area (Å²) in [5, 5.41) is 0. The molecule has 0 aliphatic heterocycles. The van der Waals surface area contributed by atoms with Crippen LogP contribution in [0, 0.1) is 11.8 Å². The van der Waals surface area contributed by atoms with Crippen LogP contribution in [0.15, 0.2) is 0 Å². The predicted octanol–water partition coefficient (Wildman–Crippen LogP) is 5.31. The number of carbonyl (C=O) groups is 2. The number of hydrogen-bond acceptors (Lipinski definition) is 3. The number of carbonyl (C=O) groups excluding carboxylic acids is 2. The molecule has 0 saturated carbocycles. The van der Waals surface area contributed by atoms with Gasteiger partial charge in [-0.05, 0) is 25.7 Å². The Hall–Kier alpha value is -0.860. The smallest absolute Gasteiger partial charge is 0.309 e. The molecule has 0 radical (unpaired) electrons. The van der Waals surface area contributed by atoms with E-state index in [0.717, 1.165) is 44.9 Å². The predicted molar refractivity (Wildman–Crippen MR) is 91.8 cm³/mol. The summed E-state index contributed by atoms with van der Waals surface area (Å²) in [5.41, 5.74) is 0. The first-order chi connectivity index (χ1) is 10.6. The molecule has 0 aromatic rings. The van der Waals surface area contributed by atoms with Gasteiger partial charge in [-0.15, -0.1) is 0 Å². The minimum absolute atomic E-state index is 0.152. The second-order valence-corrected chi connectivity index (χ2v) is 6.21. The quantitative estimate of drug-likeness (QED) is 0.322. The normalized spacial score (nSPS) is 13.6. The van der Waals surface area contributed by atoms with Crippen molar-refractivity contribution in [3.63, 3.8) is 0 Å². The summed E-state index contributed by atoms with van der Waals surface area (Å²) in [4.78, 5) is 24.7. The summed E-state index contributed by atoms with van der Waals surface area (Å²) in [7, 11) is 0. The van der Waals surface area contributed by atoms with Crippen LogP contribution in [0.5, 0.6) is 0 Å². The molecule has 0 aromatic carbocycles. The fourth-order valence-corrected chi connectivity index (χ4v) is 2.88. The average molecular weight is 312 g/mol. The van der Waals surface area contributed by atoms with E-state index in [4.69, 9.17) is 4.74 Å². The summed E-state index contributed by atoms with van der Waals surface area (Å²) in [6.07, 6.45) is 9.35. The largest absolute Gasteiger partial charge is 0.465 e. The maximum atomic E-state index is 12.4. The Bertz CT molecular complexity index is 299. The Labute approximate surface area is 137 Å². The topological polar surface area (TPSA) is 43.4 Å². The van der Waals surface area contributed by atoms with E-state index in [0.29, 0.717) is 13.0 Å². The number of esters is 1. The molecule has 3 heteroatoms. The van der Waals surface area contributed by atoms with Crippen molar-refractivity contribution in [2.24, 2.45) is 11.8 Å². The molecule has 0 rings (SSSR count). The highest BCUT2D eigenvalue weighted by atomic mass is 16.5. The van der Waals surface area contributed by atoms with E-state index in [1.807, 2.05) is 13.8 Å². The number of rotatable bonds is 14. The molecule has 130 valence electrons. The molecular formula is C19H36O3. The first kappa shape index (κ1) is 21.1. The van der Waals surface area contributed by atoms with Crippen LogP contribution in [-0.2, 0) is 14.3 Å². The van der Waals surface area contributed by atoms with Crippen molar-refractivity contribution >= 4 is 11.8 Å². The van der Waals surface area contributed by atoms with E-state index < -0.39 is 0 Å². The lowest BCUT2D eigenvalue weighted by atomic mass is 9.82. The SMILES string of the molecule is CCCCCCOC(=O)C(CCCC)C(CC)C(=O)CCC. The van der Waals surface area contributed by atoms with Crippen LogP contribution in [0.4, 0.5) is 0 Å². The van der Waals surface area contributed by atoms with E-state index >= 15 is 0 Å². The zero-order valence-electron chi connectivity index (χ0n) is 15.2. The number of unbranched alkanes of at least 4 members (excludes halogenated alkanes) is 4. The monoisotopic (exact) mass is 312 g/mol. The summed E-state index contributed by atoms with van der Waals surface area (Å²) in [6.45, 7) is 8.79. The first-order valence-electron chi connectivity index (χ1n) is 9.31. The molecule has 0 N–H and O–H groups in total. The third kappa shape index (κ3) is 8.55. The lowest BCUT2D eigenvalue weighted by molar-refractivity contribution is -0.153. The van der Waals surface area contributed by atoms with E-state index in [-0.39, 0.29) is 23.6 Å². The Morgan fingerprint density at radius 3 is 2.05 bits per heavy atom. The van der Waals surface area contributed by atoms with Gasteiger partial charge in [-0.3, -0.25) is 9.59 Å². The Morgan fingerprint density at radius 1 is 0.818 bits per heavy atom. The third-order valence-corrected chi connectivity index (χ3v) is 4.25. The zero-order chi connectivity index (χ0) is 16.8. The summed E-state index contributed by atoms with van der Waals surface area (Å²) >= 11 is 0. The van der Waals surface area contributed by atoms with Gasteiger partial charge >= 0.3 is 5.97 Å².